The van der Waals surface area contributed by atoms with E-state index < -0.39 is 0 Å². The molecule has 0 amide bonds. The van der Waals surface area contributed by atoms with E-state index in [9.17, 15) is 0 Å². The van der Waals surface area contributed by atoms with Crippen molar-refractivity contribution >= 4 is 11.6 Å². The van der Waals surface area contributed by atoms with E-state index in [-0.39, 0.29) is 0 Å². The van der Waals surface area contributed by atoms with Gasteiger partial charge in [-0.05, 0) is 26.2 Å². The van der Waals surface area contributed by atoms with Gasteiger partial charge in [0.05, 0.1) is 6.10 Å². The fourth-order valence-electron chi connectivity index (χ4n) is 2.84. The fraction of sp³-hybridized carbons (Fsp3) is 0.733. The summed E-state index contributed by atoms with van der Waals surface area (Å²) in [7, 11) is 1.92. The van der Waals surface area contributed by atoms with Crippen LogP contribution in [0.25, 0.3) is 0 Å². The Bertz CT molecular complexity index is 416. The largest absolute Gasteiger partial charge is 0.378 e. The highest BCUT2D eigenvalue weighted by atomic mass is 16.5. The van der Waals surface area contributed by atoms with Gasteiger partial charge in [-0.25, -0.2) is 9.97 Å². The Hall–Kier alpha value is -1.36. The molecule has 112 valence electrons. The van der Waals surface area contributed by atoms with E-state index >= 15 is 0 Å². The summed E-state index contributed by atoms with van der Waals surface area (Å²) in [6, 6.07) is 0. The van der Waals surface area contributed by atoms with Crippen LogP contribution in [0.4, 0.5) is 11.6 Å². The monoisotopic (exact) mass is 278 g/mol. The number of ether oxygens (including phenoxy) is 1. The summed E-state index contributed by atoms with van der Waals surface area (Å²) < 4.78 is 5.72. The normalized spacial score (nSPS) is 16.4. The highest BCUT2D eigenvalue weighted by Crippen LogP contribution is 2.27. The van der Waals surface area contributed by atoms with Crippen LogP contribution in [0.1, 0.15) is 38.7 Å². The first-order valence-electron chi connectivity index (χ1n) is 7.68. The van der Waals surface area contributed by atoms with Crippen molar-refractivity contribution in [3.05, 3.63) is 11.9 Å². The molecule has 1 aromatic heterocycles. The summed E-state index contributed by atoms with van der Waals surface area (Å²) >= 11 is 0. The van der Waals surface area contributed by atoms with Crippen molar-refractivity contribution in [2.75, 3.05) is 37.0 Å². The van der Waals surface area contributed by atoms with Crippen LogP contribution in [0.3, 0.4) is 0 Å². The maximum Gasteiger partial charge on any atom is 0.137 e. The lowest BCUT2D eigenvalue weighted by molar-refractivity contribution is 0.0458. The van der Waals surface area contributed by atoms with Crippen molar-refractivity contribution in [1.29, 1.82) is 0 Å². The summed E-state index contributed by atoms with van der Waals surface area (Å²) in [6.45, 7) is 7.10. The van der Waals surface area contributed by atoms with Gasteiger partial charge < -0.3 is 15.0 Å². The molecule has 20 heavy (non-hydrogen) atoms. The minimum atomic E-state index is 0.413. The van der Waals surface area contributed by atoms with Crippen LogP contribution in [-0.2, 0) is 11.2 Å². The van der Waals surface area contributed by atoms with Crippen molar-refractivity contribution < 1.29 is 4.74 Å². The SMILES string of the molecule is CCCc1c(NC)ncnc1N1CCC(OCC)CC1. The lowest BCUT2D eigenvalue weighted by Crippen LogP contribution is -2.38. The summed E-state index contributed by atoms with van der Waals surface area (Å²) in [5.74, 6) is 2.06. The molecule has 1 saturated heterocycles. The lowest BCUT2D eigenvalue weighted by atomic mass is 10.1. The van der Waals surface area contributed by atoms with Crippen LogP contribution < -0.4 is 10.2 Å². The lowest BCUT2D eigenvalue weighted by Gasteiger charge is -2.33. The van der Waals surface area contributed by atoms with Gasteiger partial charge in [-0.3, -0.25) is 0 Å². The zero-order chi connectivity index (χ0) is 14.4. The van der Waals surface area contributed by atoms with Crippen LogP contribution >= 0.6 is 0 Å². The molecule has 2 rings (SSSR count). The summed E-state index contributed by atoms with van der Waals surface area (Å²) in [4.78, 5) is 11.3. The number of aromatic nitrogens is 2. The van der Waals surface area contributed by atoms with Crippen molar-refractivity contribution in [3.63, 3.8) is 0 Å². The highest BCUT2D eigenvalue weighted by Gasteiger charge is 2.23. The van der Waals surface area contributed by atoms with Gasteiger partial charge in [0, 0.05) is 32.3 Å². The van der Waals surface area contributed by atoms with Crippen LogP contribution in [0.5, 0.6) is 0 Å². The van der Waals surface area contributed by atoms with E-state index in [4.69, 9.17) is 4.74 Å². The van der Waals surface area contributed by atoms with Crippen molar-refractivity contribution in [3.8, 4) is 0 Å². The molecule has 1 fully saturated rings. The average molecular weight is 278 g/mol. The van der Waals surface area contributed by atoms with Gasteiger partial charge in [-0.1, -0.05) is 13.3 Å². The van der Waals surface area contributed by atoms with Gasteiger partial charge in [0.2, 0.25) is 0 Å². The summed E-state index contributed by atoms with van der Waals surface area (Å²) in [5.41, 5.74) is 1.24. The quantitative estimate of drug-likeness (QED) is 0.866. The first-order chi connectivity index (χ1) is 9.80. The third-order valence-corrected chi connectivity index (χ3v) is 3.80. The molecule has 0 spiro atoms. The highest BCUT2D eigenvalue weighted by molar-refractivity contribution is 5.58. The number of hydrogen-bond acceptors (Lipinski definition) is 5. The van der Waals surface area contributed by atoms with E-state index in [1.807, 2.05) is 7.05 Å². The minimum Gasteiger partial charge on any atom is -0.378 e. The number of nitrogens with zero attached hydrogens (tertiary/aromatic N) is 3. The van der Waals surface area contributed by atoms with Crippen LogP contribution in [-0.4, -0.2) is 42.8 Å². The first kappa shape index (κ1) is 15.0. The van der Waals surface area contributed by atoms with E-state index in [1.165, 1.54) is 5.56 Å². The predicted molar refractivity (Wildman–Crippen MR) is 82.4 cm³/mol. The first-order valence-corrected chi connectivity index (χ1v) is 7.68. The van der Waals surface area contributed by atoms with Gasteiger partial charge in [0.1, 0.15) is 18.0 Å². The van der Waals surface area contributed by atoms with E-state index in [0.29, 0.717) is 6.10 Å². The minimum absolute atomic E-state index is 0.413. The maximum atomic E-state index is 5.72. The predicted octanol–water partition coefficient (Wildman–Crippen LogP) is 2.48. The standard InChI is InChI=1S/C15H26N4O/c1-4-6-13-14(16-3)17-11-18-15(13)19-9-7-12(8-10-19)20-5-2/h11-12H,4-10H2,1-3H3,(H,16,17,18). The summed E-state index contributed by atoms with van der Waals surface area (Å²) in [6.07, 6.45) is 6.35. The number of anilines is 2. The maximum absolute atomic E-state index is 5.72. The number of rotatable bonds is 6. The molecule has 0 unspecified atom stereocenters. The fourth-order valence-corrected chi connectivity index (χ4v) is 2.84. The molecule has 1 aliphatic rings. The van der Waals surface area contributed by atoms with Crippen LogP contribution in [0.2, 0.25) is 0 Å². The van der Waals surface area contributed by atoms with Gasteiger partial charge in [-0.2, -0.15) is 0 Å². The second-order valence-corrected chi connectivity index (χ2v) is 5.17. The van der Waals surface area contributed by atoms with E-state index in [0.717, 1.165) is 57.0 Å². The molecule has 0 bridgehead atoms. The molecule has 0 saturated carbocycles. The van der Waals surface area contributed by atoms with Gasteiger partial charge in [0.25, 0.3) is 0 Å². The van der Waals surface area contributed by atoms with Crippen LogP contribution in [0, 0.1) is 0 Å². The number of nitrogens with one attached hydrogen (secondary N) is 1. The van der Waals surface area contributed by atoms with Gasteiger partial charge >= 0.3 is 0 Å². The molecule has 2 heterocycles. The topological polar surface area (TPSA) is 50.3 Å². The molecule has 0 radical (unpaired) electrons. The summed E-state index contributed by atoms with van der Waals surface area (Å²) in [5, 5.41) is 3.19. The molecule has 0 aliphatic carbocycles. The number of hydrogen-bond donors (Lipinski definition) is 1. The van der Waals surface area contributed by atoms with E-state index in [2.05, 4.69) is 34.0 Å². The Labute approximate surface area is 121 Å². The van der Waals surface area contributed by atoms with Gasteiger partial charge in [0.15, 0.2) is 0 Å². The average Bonchev–Trinajstić information content (AvgIpc) is 2.49. The molecule has 1 aromatic rings. The molecule has 5 heteroatoms. The Kier molecular flexibility index (Phi) is 5.59. The third kappa shape index (κ3) is 3.39. The second kappa shape index (κ2) is 7.43. The van der Waals surface area contributed by atoms with E-state index in [1.54, 1.807) is 6.33 Å². The molecular weight excluding hydrogens is 252 g/mol. The van der Waals surface area contributed by atoms with Crippen molar-refractivity contribution in [2.24, 2.45) is 0 Å². The third-order valence-electron chi connectivity index (χ3n) is 3.80. The molecule has 1 N–H and O–H groups in total. The van der Waals surface area contributed by atoms with Crippen molar-refractivity contribution in [2.45, 2.75) is 45.6 Å². The Morgan fingerprint density at radius 2 is 2.05 bits per heavy atom. The molecule has 5 nitrogen and oxygen atoms in total. The smallest absolute Gasteiger partial charge is 0.137 e. The molecule has 0 aromatic carbocycles. The molecule has 0 atom stereocenters. The Morgan fingerprint density at radius 1 is 1.30 bits per heavy atom. The Balaban J connectivity index is 2.12. The van der Waals surface area contributed by atoms with Crippen LogP contribution in [0.15, 0.2) is 6.33 Å². The molecule has 1 aliphatic heterocycles. The van der Waals surface area contributed by atoms with Gasteiger partial charge in [-0.15, -0.1) is 0 Å². The zero-order valence-electron chi connectivity index (χ0n) is 12.9. The second-order valence-electron chi connectivity index (χ2n) is 5.17. The molecular formula is C15H26N4O. The Morgan fingerprint density at radius 3 is 2.65 bits per heavy atom. The zero-order valence-corrected chi connectivity index (χ0v) is 12.9. The number of piperidine rings is 1. The van der Waals surface area contributed by atoms with Crippen molar-refractivity contribution in [1.82, 2.24) is 9.97 Å².